The van der Waals surface area contributed by atoms with Gasteiger partial charge in [0.15, 0.2) is 0 Å². The molecule has 0 fully saturated rings. The third-order valence-corrected chi connectivity index (χ3v) is 12.1. The molecule has 0 saturated carbocycles. The molecule has 61 heavy (non-hydrogen) atoms. The van der Waals surface area contributed by atoms with Crippen LogP contribution in [-0.4, -0.2) is 47.4 Å². The van der Waals surface area contributed by atoms with E-state index in [9.17, 15) is 19.8 Å². The largest absolute Gasteiger partial charge is 0.466 e. The van der Waals surface area contributed by atoms with E-state index in [2.05, 4.69) is 43.5 Å². The first-order valence-electron chi connectivity index (χ1n) is 26.8. The molecule has 6 heteroatoms. The zero-order valence-corrected chi connectivity index (χ0v) is 40.6. The van der Waals surface area contributed by atoms with Crippen molar-refractivity contribution in [2.75, 3.05) is 13.2 Å². The summed E-state index contributed by atoms with van der Waals surface area (Å²) in [6.07, 6.45) is 61.5. The molecule has 0 aliphatic heterocycles. The maximum absolute atomic E-state index is 12.4. The minimum atomic E-state index is -0.861. The zero-order valence-electron chi connectivity index (χ0n) is 40.6. The highest BCUT2D eigenvalue weighted by Crippen LogP contribution is 2.15. The molecule has 0 aromatic rings. The van der Waals surface area contributed by atoms with Gasteiger partial charge in [-0.1, -0.05) is 217 Å². The fourth-order valence-electron chi connectivity index (χ4n) is 7.97. The van der Waals surface area contributed by atoms with Crippen LogP contribution >= 0.6 is 0 Å². The predicted molar refractivity (Wildman–Crippen MR) is 264 cm³/mol. The molecule has 6 nitrogen and oxygen atoms in total. The SMILES string of the molecule is CCCCCCCCC/C=C\CCCCCCCCCC(=O)OCCCCCCCC/C=C\CCCCCC(=O)NC(CO)C(O)/C=C/CCCCCCCCCCCCC. The van der Waals surface area contributed by atoms with Gasteiger partial charge in [-0.15, -0.1) is 0 Å². The van der Waals surface area contributed by atoms with Gasteiger partial charge in [0.25, 0.3) is 0 Å². The number of carbonyl (C=O) groups excluding carboxylic acids is 2. The van der Waals surface area contributed by atoms with Crippen LogP contribution in [0.2, 0.25) is 0 Å². The summed E-state index contributed by atoms with van der Waals surface area (Å²) in [5, 5.41) is 23.0. The van der Waals surface area contributed by atoms with E-state index in [4.69, 9.17) is 4.74 Å². The summed E-state index contributed by atoms with van der Waals surface area (Å²) >= 11 is 0. The van der Waals surface area contributed by atoms with Crippen molar-refractivity contribution in [3.8, 4) is 0 Å². The molecule has 0 saturated heterocycles. The van der Waals surface area contributed by atoms with Gasteiger partial charge in [-0.25, -0.2) is 0 Å². The van der Waals surface area contributed by atoms with E-state index >= 15 is 0 Å². The maximum Gasteiger partial charge on any atom is 0.305 e. The van der Waals surface area contributed by atoms with E-state index in [0.29, 0.717) is 19.4 Å². The Morgan fingerprint density at radius 1 is 0.443 bits per heavy atom. The molecular weight excluding hydrogens is 755 g/mol. The fourth-order valence-corrected chi connectivity index (χ4v) is 7.97. The molecule has 0 aromatic heterocycles. The van der Waals surface area contributed by atoms with E-state index in [1.54, 1.807) is 6.08 Å². The van der Waals surface area contributed by atoms with Crippen LogP contribution < -0.4 is 5.32 Å². The molecule has 0 aliphatic rings. The van der Waals surface area contributed by atoms with Gasteiger partial charge in [-0.3, -0.25) is 9.59 Å². The van der Waals surface area contributed by atoms with Gasteiger partial charge in [-0.2, -0.15) is 0 Å². The van der Waals surface area contributed by atoms with Crippen molar-refractivity contribution in [3.63, 3.8) is 0 Å². The summed E-state index contributed by atoms with van der Waals surface area (Å²) < 4.78 is 5.46. The monoisotopic (exact) mass is 858 g/mol. The van der Waals surface area contributed by atoms with Crippen molar-refractivity contribution in [2.45, 2.75) is 289 Å². The third-order valence-electron chi connectivity index (χ3n) is 12.1. The van der Waals surface area contributed by atoms with Gasteiger partial charge >= 0.3 is 5.97 Å². The molecular formula is C55H103NO5. The third kappa shape index (κ3) is 47.4. The Balaban J connectivity index is 3.51. The number of amides is 1. The van der Waals surface area contributed by atoms with Gasteiger partial charge in [0.1, 0.15) is 0 Å². The molecule has 0 radical (unpaired) electrons. The molecule has 2 unspecified atom stereocenters. The Morgan fingerprint density at radius 3 is 1.18 bits per heavy atom. The maximum atomic E-state index is 12.4. The molecule has 0 aromatic carbocycles. The summed E-state index contributed by atoms with van der Waals surface area (Å²) in [6, 6.07) is -0.648. The Labute approximate surface area is 379 Å². The number of nitrogens with one attached hydrogen (secondary N) is 1. The smallest absolute Gasteiger partial charge is 0.305 e. The number of carbonyl (C=O) groups is 2. The Morgan fingerprint density at radius 2 is 0.770 bits per heavy atom. The van der Waals surface area contributed by atoms with Crippen LogP contribution in [0.15, 0.2) is 36.5 Å². The van der Waals surface area contributed by atoms with E-state index in [1.165, 1.54) is 180 Å². The van der Waals surface area contributed by atoms with E-state index in [0.717, 1.165) is 70.6 Å². The topological polar surface area (TPSA) is 95.9 Å². The van der Waals surface area contributed by atoms with Crippen LogP contribution in [0.1, 0.15) is 277 Å². The van der Waals surface area contributed by atoms with Crippen molar-refractivity contribution in [1.82, 2.24) is 5.32 Å². The molecule has 0 spiro atoms. The second kappa shape index (κ2) is 50.7. The normalized spacial score (nSPS) is 12.9. The minimum absolute atomic E-state index is 0.0175. The second-order valence-corrected chi connectivity index (χ2v) is 18.2. The summed E-state index contributed by atoms with van der Waals surface area (Å²) in [7, 11) is 0. The van der Waals surface area contributed by atoms with Crippen molar-refractivity contribution in [2.24, 2.45) is 0 Å². The van der Waals surface area contributed by atoms with Crippen molar-refractivity contribution < 1.29 is 24.5 Å². The lowest BCUT2D eigenvalue weighted by molar-refractivity contribution is -0.143. The molecule has 0 rings (SSSR count). The summed E-state index contributed by atoms with van der Waals surface area (Å²) in [5.74, 6) is -0.116. The van der Waals surface area contributed by atoms with Crippen LogP contribution in [-0.2, 0) is 14.3 Å². The quantitative estimate of drug-likeness (QED) is 0.0322. The number of unbranched alkanes of at least 4 members (excludes halogenated alkanes) is 34. The number of aliphatic hydroxyl groups is 2. The highest BCUT2D eigenvalue weighted by Gasteiger charge is 2.18. The van der Waals surface area contributed by atoms with Crippen molar-refractivity contribution in [3.05, 3.63) is 36.5 Å². The molecule has 0 aliphatic carbocycles. The molecule has 358 valence electrons. The first-order valence-corrected chi connectivity index (χ1v) is 26.8. The van der Waals surface area contributed by atoms with Gasteiger partial charge in [0, 0.05) is 12.8 Å². The Kier molecular flexibility index (Phi) is 49.1. The first-order chi connectivity index (χ1) is 30.0. The molecule has 2 atom stereocenters. The van der Waals surface area contributed by atoms with Crippen LogP contribution in [0.5, 0.6) is 0 Å². The van der Waals surface area contributed by atoms with E-state index < -0.39 is 12.1 Å². The number of ether oxygens (including phenoxy) is 1. The molecule has 3 N–H and O–H groups in total. The predicted octanol–water partition coefficient (Wildman–Crippen LogP) is 16.1. The lowest BCUT2D eigenvalue weighted by Gasteiger charge is -2.19. The summed E-state index contributed by atoms with van der Waals surface area (Å²) in [6.45, 7) is 4.85. The van der Waals surface area contributed by atoms with Crippen molar-refractivity contribution in [1.29, 1.82) is 0 Å². The lowest BCUT2D eigenvalue weighted by Crippen LogP contribution is -2.45. The summed E-state index contributed by atoms with van der Waals surface area (Å²) in [5.41, 5.74) is 0. The van der Waals surface area contributed by atoms with Crippen LogP contribution in [0.3, 0.4) is 0 Å². The van der Waals surface area contributed by atoms with Crippen LogP contribution in [0.4, 0.5) is 0 Å². The Bertz CT molecular complexity index is 993. The first kappa shape index (κ1) is 59.1. The number of esters is 1. The van der Waals surface area contributed by atoms with Crippen molar-refractivity contribution >= 4 is 11.9 Å². The average molecular weight is 858 g/mol. The number of allylic oxidation sites excluding steroid dienone is 5. The van der Waals surface area contributed by atoms with E-state index in [-0.39, 0.29) is 18.5 Å². The molecule has 1 amide bonds. The van der Waals surface area contributed by atoms with Gasteiger partial charge in [0.05, 0.1) is 25.4 Å². The highest BCUT2D eigenvalue weighted by molar-refractivity contribution is 5.76. The second-order valence-electron chi connectivity index (χ2n) is 18.2. The number of aliphatic hydroxyl groups excluding tert-OH is 2. The number of hydrogen-bond acceptors (Lipinski definition) is 5. The average Bonchev–Trinajstić information content (AvgIpc) is 3.26. The van der Waals surface area contributed by atoms with Gasteiger partial charge < -0.3 is 20.3 Å². The van der Waals surface area contributed by atoms with Crippen LogP contribution in [0, 0.1) is 0 Å². The molecule has 0 bridgehead atoms. The lowest BCUT2D eigenvalue weighted by atomic mass is 10.0. The Hall–Kier alpha value is -1.92. The minimum Gasteiger partial charge on any atom is -0.466 e. The zero-order chi connectivity index (χ0) is 44.4. The fraction of sp³-hybridized carbons (Fsp3) is 0.855. The van der Waals surface area contributed by atoms with Gasteiger partial charge in [0.2, 0.25) is 5.91 Å². The molecule has 0 heterocycles. The van der Waals surface area contributed by atoms with E-state index in [1.807, 2.05) is 6.08 Å². The number of rotatable bonds is 49. The summed E-state index contributed by atoms with van der Waals surface area (Å²) in [4.78, 5) is 24.5. The van der Waals surface area contributed by atoms with Crippen LogP contribution in [0.25, 0.3) is 0 Å². The standard InChI is InChI=1S/C55H103NO5/c1-3-5-7-9-11-13-15-17-18-19-20-21-25-29-33-37-41-45-49-55(60)61-50-46-42-38-34-30-26-22-24-28-32-36-40-44-48-54(59)56-52(51-57)53(58)47-43-39-35-31-27-23-16-14-12-10-8-6-4-2/h18-19,24,28,43,47,52-53,57-58H,3-17,20-23,25-27,29-42,44-46,48-51H2,1-2H3,(H,56,59)/b19-18-,28-24-,47-43+. The number of hydrogen-bond donors (Lipinski definition) is 3. The highest BCUT2D eigenvalue weighted by atomic mass is 16.5. The van der Waals surface area contributed by atoms with Gasteiger partial charge in [-0.05, 0) is 83.5 Å².